The van der Waals surface area contributed by atoms with Gasteiger partial charge in [-0.3, -0.25) is 0 Å². The maximum Gasteiger partial charge on any atom is 0.159 e. The van der Waals surface area contributed by atoms with E-state index in [2.05, 4.69) is 129 Å². The summed E-state index contributed by atoms with van der Waals surface area (Å²) in [7, 11) is 0. The Morgan fingerprint density at radius 1 is 0.667 bits per heavy atom. The Bertz CT molecular complexity index is 1820. The normalized spacial score (nSPS) is 13.5. The second-order valence-corrected chi connectivity index (χ2v) is 11.3. The van der Waals surface area contributed by atoms with Gasteiger partial charge in [0.15, 0.2) is 5.58 Å². The molecule has 0 aliphatic heterocycles. The Hall–Kier alpha value is -4.30. The van der Waals surface area contributed by atoms with Crippen molar-refractivity contribution in [2.75, 3.05) is 4.90 Å². The first-order valence-corrected chi connectivity index (χ1v) is 14.1. The number of aryl methyl sites for hydroxylation is 1. The van der Waals surface area contributed by atoms with Crippen LogP contribution in [0.4, 0.5) is 17.1 Å². The minimum Gasteiger partial charge on any atom is -0.454 e. The summed E-state index contributed by atoms with van der Waals surface area (Å²) in [5, 5.41) is 2.29. The monoisotopic (exact) mass is 507 g/mol. The van der Waals surface area contributed by atoms with Gasteiger partial charge in [0.05, 0.1) is 5.69 Å². The lowest BCUT2D eigenvalue weighted by Gasteiger charge is -2.28. The van der Waals surface area contributed by atoms with Crippen LogP contribution in [0.3, 0.4) is 0 Å². The Labute approximate surface area is 230 Å². The second-order valence-electron chi connectivity index (χ2n) is 11.3. The van der Waals surface area contributed by atoms with Gasteiger partial charge in [0, 0.05) is 27.6 Å². The number of furan rings is 1. The van der Waals surface area contributed by atoms with Crippen LogP contribution in [0.25, 0.3) is 33.1 Å². The van der Waals surface area contributed by atoms with Crippen molar-refractivity contribution in [1.82, 2.24) is 0 Å². The van der Waals surface area contributed by atoms with Crippen molar-refractivity contribution in [3.63, 3.8) is 0 Å². The molecule has 0 saturated carbocycles. The van der Waals surface area contributed by atoms with Crippen LogP contribution in [0.1, 0.15) is 50.3 Å². The lowest BCUT2D eigenvalue weighted by Crippen LogP contribution is -2.16. The minimum atomic E-state index is -0.0665. The van der Waals surface area contributed by atoms with Crippen molar-refractivity contribution in [3.8, 4) is 11.1 Å². The molecule has 0 saturated heterocycles. The average Bonchev–Trinajstić information content (AvgIpc) is 3.46. The quantitative estimate of drug-likeness (QED) is 0.223. The fourth-order valence-electron chi connectivity index (χ4n) is 6.36. The van der Waals surface area contributed by atoms with Gasteiger partial charge >= 0.3 is 0 Å². The molecule has 0 amide bonds. The van der Waals surface area contributed by atoms with Gasteiger partial charge < -0.3 is 9.32 Å². The van der Waals surface area contributed by atoms with E-state index in [1.54, 1.807) is 0 Å². The third-order valence-electron chi connectivity index (χ3n) is 8.46. The molecule has 1 aliphatic carbocycles. The van der Waals surface area contributed by atoms with E-state index in [-0.39, 0.29) is 5.41 Å². The largest absolute Gasteiger partial charge is 0.454 e. The Morgan fingerprint density at radius 2 is 1.38 bits per heavy atom. The van der Waals surface area contributed by atoms with E-state index in [4.69, 9.17) is 4.42 Å². The first-order chi connectivity index (χ1) is 19.1. The van der Waals surface area contributed by atoms with Crippen molar-refractivity contribution in [1.29, 1.82) is 0 Å². The molecule has 2 nitrogen and oxygen atoms in total. The van der Waals surface area contributed by atoms with Crippen molar-refractivity contribution in [3.05, 3.63) is 126 Å². The predicted octanol–water partition coefficient (Wildman–Crippen LogP) is 10.7. The Kier molecular flexibility index (Phi) is 5.59. The third kappa shape index (κ3) is 3.78. The number of fused-ring (bicyclic) bond motifs is 6. The molecule has 0 fully saturated rings. The van der Waals surface area contributed by atoms with Gasteiger partial charge in [0.1, 0.15) is 5.58 Å². The summed E-state index contributed by atoms with van der Waals surface area (Å²) in [6.07, 6.45) is 3.53. The van der Waals surface area contributed by atoms with Crippen LogP contribution in [0, 0.1) is 0 Å². The number of rotatable bonds is 6. The van der Waals surface area contributed by atoms with Gasteiger partial charge in [-0.05, 0) is 77.1 Å². The molecule has 192 valence electrons. The fraction of sp³-hybridized carbons (Fsp3) is 0.189. The number of unbranched alkanes of at least 4 members (excludes halogenated alkanes) is 1. The van der Waals surface area contributed by atoms with Crippen LogP contribution < -0.4 is 4.90 Å². The summed E-state index contributed by atoms with van der Waals surface area (Å²) in [6.45, 7) is 6.93. The van der Waals surface area contributed by atoms with Crippen LogP contribution in [0.15, 0.2) is 114 Å². The van der Waals surface area contributed by atoms with Crippen LogP contribution >= 0.6 is 0 Å². The van der Waals surface area contributed by atoms with E-state index >= 15 is 0 Å². The van der Waals surface area contributed by atoms with Crippen molar-refractivity contribution < 1.29 is 4.42 Å². The lowest BCUT2D eigenvalue weighted by molar-refractivity contribution is 0.660. The number of nitrogens with zero attached hydrogens (tertiary/aromatic N) is 1. The summed E-state index contributed by atoms with van der Waals surface area (Å²) in [5.74, 6) is 0. The summed E-state index contributed by atoms with van der Waals surface area (Å²) in [5.41, 5.74) is 11.9. The molecule has 0 atom stereocenters. The Morgan fingerprint density at radius 3 is 2.23 bits per heavy atom. The molecule has 6 aromatic rings. The van der Waals surface area contributed by atoms with Crippen molar-refractivity contribution in [2.24, 2.45) is 0 Å². The van der Waals surface area contributed by atoms with Gasteiger partial charge in [0.25, 0.3) is 0 Å². The molecule has 1 aromatic heterocycles. The van der Waals surface area contributed by atoms with Crippen molar-refractivity contribution >= 4 is 39.0 Å². The van der Waals surface area contributed by atoms with Crippen LogP contribution in [0.5, 0.6) is 0 Å². The zero-order chi connectivity index (χ0) is 26.6. The molecule has 1 heterocycles. The SMILES string of the molecule is CCCCc1ccc(N(c2ccc3c(c2)C(C)(C)c2ccccc2-3)c2cccc3c2oc2ccccc23)cc1. The van der Waals surface area contributed by atoms with E-state index in [9.17, 15) is 0 Å². The first-order valence-electron chi connectivity index (χ1n) is 14.1. The lowest BCUT2D eigenvalue weighted by atomic mass is 9.82. The highest BCUT2D eigenvalue weighted by Crippen LogP contribution is 2.51. The minimum absolute atomic E-state index is 0.0665. The molecule has 2 heteroatoms. The number of benzene rings is 5. The number of anilines is 3. The van der Waals surface area contributed by atoms with Crippen LogP contribution in [-0.2, 0) is 11.8 Å². The molecule has 1 aliphatic rings. The average molecular weight is 508 g/mol. The van der Waals surface area contributed by atoms with Gasteiger partial charge in [-0.1, -0.05) is 100.0 Å². The Balaban J connectivity index is 1.43. The van der Waals surface area contributed by atoms with E-state index in [1.165, 1.54) is 40.7 Å². The molecular formula is C37H33NO. The van der Waals surface area contributed by atoms with Crippen LogP contribution in [0.2, 0.25) is 0 Å². The topological polar surface area (TPSA) is 16.4 Å². The molecule has 7 rings (SSSR count). The molecule has 0 radical (unpaired) electrons. The maximum absolute atomic E-state index is 6.53. The summed E-state index contributed by atoms with van der Waals surface area (Å²) >= 11 is 0. The maximum atomic E-state index is 6.53. The molecule has 39 heavy (non-hydrogen) atoms. The second kappa shape index (κ2) is 9.17. The third-order valence-corrected chi connectivity index (χ3v) is 8.46. The fourth-order valence-corrected chi connectivity index (χ4v) is 6.36. The number of para-hydroxylation sites is 2. The highest BCUT2D eigenvalue weighted by Gasteiger charge is 2.35. The van der Waals surface area contributed by atoms with Gasteiger partial charge in [-0.2, -0.15) is 0 Å². The highest BCUT2D eigenvalue weighted by atomic mass is 16.3. The smallest absolute Gasteiger partial charge is 0.159 e. The summed E-state index contributed by atoms with van der Waals surface area (Å²) in [6, 6.07) is 39.7. The molecular weight excluding hydrogens is 474 g/mol. The van der Waals surface area contributed by atoms with Gasteiger partial charge in [-0.25, -0.2) is 0 Å². The summed E-state index contributed by atoms with van der Waals surface area (Å²) < 4.78 is 6.53. The highest BCUT2D eigenvalue weighted by molar-refractivity contribution is 6.10. The molecule has 5 aromatic carbocycles. The number of hydrogen-bond acceptors (Lipinski definition) is 2. The van der Waals surface area contributed by atoms with E-state index < -0.39 is 0 Å². The zero-order valence-electron chi connectivity index (χ0n) is 22.9. The zero-order valence-corrected chi connectivity index (χ0v) is 22.9. The molecule has 0 unspecified atom stereocenters. The van der Waals surface area contributed by atoms with E-state index in [0.717, 1.165) is 45.4 Å². The van der Waals surface area contributed by atoms with Gasteiger partial charge in [-0.15, -0.1) is 0 Å². The number of hydrogen-bond donors (Lipinski definition) is 0. The molecule has 0 N–H and O–H groups in total. The summed E-state index contributed by atoms with van der Waals surface area (Å²) in [4.78, 5) is 2.37. The predicted molar refractivity (Wildman–Crippen MR) is 165 cm³/mol. The van der Waals surface area contributed by atoms with E-state index in [0.29, 0.717) is 0 Å². The van der Waals surface area contributed by atoms with Crippen LogP contribution in [-0.4, -0.2) is 0 Å². The van der Waals surface area contributed by atoms with Crippen molar-refractivity contribution in [2.45, 2.75) is 45.4 Å². The van der Waals surface area contributed by atoms with Gasteiger partial charge in [0.2, 0.25) is 0 Å². The molecule has 0 bridgehead atoms. The standard InChI is InChI=1S/C37H33NO/c1-4-5-11-25-18-20-26(21-19-25)38(34-16-10-14-31-30-13-7-9-17-35(30)39-36(31)34)27-22-23-29-28-12-6-8-15-32(28)37(2,3)33(29)24-27/h6-10,12-24H,4-5,11H2,1-3H3. The first kappa shape index (κ1) is 23.8. The molecule has 0 spiro atoms. The van der Waals surface area contributed by atoms with E-state index in [1.807, 2.05) is 6.07 Å².